The van der Waals surface area contributed by atoms with Crippen molar-refractivity contribution >= 4 is 5.91 Å². The van der Waals surface area contributed by atoms with E-state index >= 15 is 0 Å². The topological polar surface area (TPSA) is 46.3 Å². The van der Waals surface area contributed by atoms with E-state index in [-0.39, 0.29) is 5.91 Å². The predicted molar refractivity (Wildman–Crippen MR) is 96.3 cm³/mol. The number of nitrogens with zero attached hydrogens (tertiary/aromatic N) is 1. The molecule has 1 aromatic carbocycles. The summed E-state index contributed by atoms with van der Waals surface area (Å²) in [5, 5.41) is 0. The van der Waals surface area contributed by atoms with Crippen LogP contribution in [0.1, 0.15) is 51.5 Å². The quantitative estimate of drug-likeness (QED) is 0.745. The summed E-state index contributed by atoms with van der Waals surface area (Å²) in [7, 11) is 0. The molecule has 0 saturated carbocycles. The maximum atomic E-state index is 12.7. The molecule has 1 atom stereocenters. The molecule has 0 fully saturated rings. The molecule has 0 saturated heterocycles. The number of rotatable bonds is 8. The van der Waals surface area contributed by atoms with Crippen molar-refractivity contribution in [3.63, 3.8) is 0 Å². The zero-order valence-electron chi connectivity index (χ0n) is 14.6. The highest BCUT2D eigenvalue weighted by Gasteiger charge is 2.41. The van der Waals surface area contributed by atoms with Crippen molar-refractivity contribution in [1.82, 2.24) is 4.90 Å². The third-order valence-electron chi connectivity index (χ3n) is 5.22. The lowest BCUT2D eigenvalue weighted by atomic mass is 9.68. The summed E-state index contributed by atoms with van der Waals surface area (Å²) in [6.45, 7) is 7.22. The standard InChI is InChI=1S/C20H30N2O/c1-3-22(4-2)16-15-20(19(21)23,17-11-7-5-8-12-17)18-13-9-6-10-14-18/h5,7-8,11-13H,3-4,6,9-10,14-16H2,1-2H3,(H2,21,23). The lowest BCUT2D eigenvalue weighted by Crippen LogP contribution is -2.46. The van der Waals surface area contributed by atoms with Crippen LogP contribution in [0, 0.1) is 0 Å². The van der Waals surface area contributed by atoms with Gasteiger partial charge in [-0.2, -0.15) is 0 Å². The van der Waals surface area contributed by atoms with Gasteiger partial charge < -0.3 is 10.6 Å². The molecular weight excluding hydrogens is 284 g/mol. The Morgan fingerprint density at radius 3 is 2.39 bits per heavy atom. The molecule has 1 aromatic rings. The summed E-state index contributed by atoms with van der Waals surface area (Å²) < 4.78 is 0. The smallest absolute Gasteiger partial charge is 0.232 e. The van der Waals surface area contributed by atoms with Crippen LogP contribution in [0.5, 0.6) is 0 Å². The molecule has 1 amide bonds. The highest BCUT2D eigenvalue weighted by Crippen LogP contribution is 2.40. The van der Waals surface area contributed by atoms with Gasteiger partial charge in [0.15, 0.2) is 0 Å². The average Bonchev–Trinajstić information content (AvgIpc) is 2.60. The zero-order valence-corrected chi connectivity index (χ0v) is 14.6. The molecule has 1 aliphatic rings. The Bertz CT molecular complexity index is 534. The minimum absolute atomic E-state index is 0.205. The molecule has 3 nitrogen and oxygen atoms in total. The SMILES string of the molecule is CCN(CC)CCC(C(N)=O)(C1=CCCCC1)c1ccccc1. The number of amides is 1. The third kappa shape index (κ3) is 3.84. The van der Waals surface area contributed by atoms with Crippen LogP contribution in [0.15, 0.2) is 42.0 Å². The third-order valence-corrected chi connectivity index (χ3v) is 5.22. The molecule has 1 unspecified atom stereocenters. The van der Waals surface area contributed by atoms with Gasteiger partial charge in [0.2, 0.25) is 5.91 Å². The van der Waals surface area contributed by atoms with Crippen molar-refractivity contribution < 1.29 is 4.79 Å². The number of nitrogens with two attached hydrogens (primary N) is 1. The number of allylic oxidation sites excluding steroid dienone is 1. The van der Waals surface area contributed by atoms with E-state index in [0.29, 0.717) is 0 Å². The second-order valence-electron chi connectivity index (χ2n) is 6.39. The number of hydrogen-bond donors (Lipinski definition) is 1. The van der Waals surface area contributed by atoms with Crippen LogP contribution in [-0.2, 0) is 10.2 Å². The monoisotopic (exact) mass is 314 g/mol. The Kier molecular flexibility index (Phi) is 6.40. The predicted octanol–water partition coefficient (Wildman–Crippen LogP) is 3.64. The largest absolute Gasteiger partial charge is 0.369 e. The molecule has 0 aromatic heterocycles. The maximum Gasteiger partial charge on any atom is 0.232 e. The second-order valence-corrected chi connectivity index (χ2v) is 6.39. The molecule has 0 bridgehead atoms. The summed E-state index contributed by atoms with van der Waals surface area (Å²) in [5.41, 5.74) is 7.64. The van der Waals surface area contributed by atoms with Crippen LogP contribution in [0.3, 0.4) is 0 Å². The van der Waals surface area contributed by atoms with Crippen LogP contribution in [-0.4, -0.2) is 30.4 Å². The van der Waals surface area contributed by atoms with E-state index in [1.54, 1.807) is 0 Å². The van der Waals surface area contributed by atoms with E-state index < -0.39 is 5.41 Å². The van der Waals surface area contributed by atoms with E-state index in [1.807, 2.05) is 18.2 Å². The highest BCUT2D eigenvalue weighted by molar-refractivity contribution is 5.90. The first kappa shape index (κ1) is 17.7. The summed E-state index contributed by atoms with van der Waals surface area (Å²) in [6.07, 6.45) is 7.43. The van der Waals surface area contributed by atoms with Crippen molar-refractivity contribution in [1.29, 1.82) is 0 Å². The molecule has 2 rings (SSSR count). The summed E-state index contributed by atoms with van der Waals surface area (Å²) in [4.78, 5) is 15.0. The number of carbonyl (C=O) groups is 1. The van der Waals surface area contributed by atoms with Gasteiger partial charge in [0, 0.05) is 0 Å². The van der Waals surface area contributed by atoms with E-state index in [0.717, 1.165) is 50.9 Å². The number of primary amides is 1. The minimum Gasteiger partial charge on any atom is -0.369 e. The first-order valence-corrected chi connectivity index (χ1v) is 8.92. The van der Waals surface area contributed by atoms with Crippen molar-refractivity contribution in [3.05, 3.63) is 47.5 Å². The van der Waals surface area contributed by atoms with E-state index in [4.69, 9.17) is 5.73 Å². The number of hydrogen-bond acceptors (Lipinski definition) is 2. The van der Waals surface area contributed by atoms with Crippen LogP contribution in [0.25, 0.3) is 0 Å². The van der Waals surface area contributed by atoms with Crippen LogP contribution in [0.2, 0.25) is 0 Å². The van der Waals surface area contributed by atoms with Gasteiger partial charge in [-0.3, -0.25) is 4.79 Å². The minimum atomic E-state index is -0.649. The molecule has 2 N–H and O–H groups in total. The Hall–Kier alpha value is -1.61. The number of carbonyl (C=O) groups excluding carboxylic acids is 1. The second kappa shape index (κ2) is 8.30. The zero-order chi connectivity index (χ0) is 16.7. The van der Waals surface area contributed by atoms with Gasteiger partial charge in [-0.1, -0.05) is 55.8 Å². The van der Waals surface area contributed by atoms with E-state index in [2.05, 4.69) is 37.0 Å². The van der Waals surface area contributed by atoms with Crippen molar-refractivity contribution in [2.45, 2.75) is 51.4 Å². The summed E-state index contributed by atoms with van der Waals surface area (Å²) >= 11 is 0. The Labute approximate surface area is 140 Å². The molecule has 3 heteroatoms. The van der Waals surface area contributed by atoms with Gasteiger partial charge in [0.25, 0.3) is 0 Å². The Morgan fingerprint density at radius 1 is 1.17 bits per heavy atom. The fourth-order valence-corrected chi connectivity index (χ4v) is 3.73. The fraction of sp³-hybridized carbons (Fsp3) is 0.550. The van der Waals surface area contributed by atoms with Gasteiger partial charge in [-0.15, -0.1) is 0 Å². The first-order valence-electron chi connectivity index (χ1n) is 8.92. The molecule has 126 valence electrons. The molecule has 0 radical (unpaired) electrons. The molecule has 0 spiro atoms. The van der Waals surface area contributed by atoms with Gasteiger partial charge in [0.1, 0.15) is 0 Å². The van der Waals surface area contributed by atoms with E-state index in [1.165, 1.54) is 12.0 Å². The van der Waals surface area contributed by atoms with Gasteiger partial charge >= 0.3 is 0 Å². The van der Waals surface area contributed by atoms with Gasteiger partial charge in [-0.05, 0) is 57.3 Å². The fourth-order valence-electron chi connectivity index (χ4n) is 3.73. The molecule has 0 aliphatic heterocycles. The first-order chi connectivity index (χ1) is 11.1. The lowest BCUT2D eigenvalue weighted by molar-refractivity contribution is -0.122. The Balaban J connectivity index is 2.42. The summed E-state index contributed by atoms with van der Waals surface area (Å²) in [6, 6.07) is 10.1. The van der Waals surface area contributed by atoms with Crippen molar-refractivity contribution in [2.75, 3.05) is 19.6 Å². The van der Waals surface area contributed by atoms with Gasteiger partial charge in [0.05, 0.1) is 5.41 Å². The normalized spacial score (nSPS) is 17.6. The van der Waals surface area contributed by atoms with Crippen LogP contribution in [0.4, 0.5) is 0 Å². The van der Waals surface area contributed by atoms with Crippen molar-refractivity contribution in [2.24, 2.45) is 5.73 Å². The maximum absolute atomic E-state index is 12.7. The number of benzene rings is 1. The van der Waals surface area contributed by atoms with E-state index in [9.17, 15) is 4.79 Å². The molecular formula is C20H30N2O. The highest BCUT2D eigenvalue weighted by atomic mass is 16.1. The Morgan fingerprint density at radius 2 is 1.87 bits per heavy atom. The summed E-state index contributed by atoms with van der Waals surface area (Å²) in [5.74, 6) is -0.205. The molecule has 1 aliphatic carbocycles. The van der Waals surface area contributed by atoms with Crippen LogP contribution < -0.4 is 5.73 Å². The lowest BCUT2D eigenvalue weighted by Gasteiger charge is -2.37. The molecule has 0 heterocycles. The molecule has 23 heavy (non-hydrogen) atoms. The van der Waals surface area contributed by atoms with Crippen molar-refractivity contribution in [3.8, 4) is 0 Å². The van der Waals surface area contributed by atoms with Gasteiger partial charge in [-0.25, -0.2) is 0 Å². The van der Waals surface area contributed by atoms with Crippen LogP contribution >= 0.6 is 0 Å². The average molecular weight is 314 g/mol.